The maximum atomic E-state index is 11.9. The first kappa shape index (κ1) is 16.1. The second-order valence-corrected chi connectivity index (χ2v) is 5.95. The second-order valence-electron chi connectivity index (χ2n) is 5.95. The van der Waals surface area contributed by atoms with E-state index in [0.717, 1.165) is 10.9 Å². The number of carbonyl (C=O) groups is 1. The Morgan fingerprint density at radius 3 is 2.73 bits per heavy atom. The highest BCUT2D eigenvalue weighted by Gasteiger charge is 2.18. The molecule has 22 heavy (non-hydrogen) atoms. The summed E-state index contributed by atoms with van der Waals surface area (Å²) in [5.41, 5.74) is 11.5. The zero-order valence-corrected chi connectivity index (χ0v) is 13.1. The van der Waals surface area contributed by atoms with Gasteiger partial charge >= 0.3 is 5.97 Å². The summed E-state index contributed by atoms with van der Waals surface area (Å²) in [5, 5.41) is 4.93. The SMILES string of the molecule is CC(C)(C)OC(=O)Cn1nc(N)c2cc(OCCN)ccc21. The number of hydrogen-bond donors (Lipinski definition) is 2. The molecule has 0 aliphatic rings. The van der Waals surface area contributed by atoms with Crippen molar-refractivity contribution in [3.05, 3.63) is 18.2 Å². The average Bonchev–Trinajstić information content (AvgIpc) is 2.70. The normalized spacial score (nSPS) is 11.6. The fraction of sp³-hybridized carbons (Fsp3) is 0.467. The van der Waals surface area contributed by atoms with Gasteiger partial charge in [-0.3, -0.25) is 9.48 Å². The van der Waals surface area contributed by atoms with E-state index in [1.54, 1.807) is 12.1 Å². The van der Waals surface area contributed by atoms with Gasteiger partial charge in [-0.15, -0.1) is 0 Å². The number of fused-ring (bicyclic) bond motifs is 1. The van der Waals surface area contributed by atoms with E-state index in [9.17, 15) is 4.79 Å². The lowest BCUT2D eigenvalue weighted by molar-refractivity contribution is -0.155. The second kappa shape index (κ2) is 6.23. The molecular weight excluding hydrogens is 284 g/mol. The summed E-state index contributed by atoms with van der Waals surface area (Å²) in [6.07, 6.45) is 0. The molecule has 0 unspecified atom stereocenters. The Kier molecular flexibility index (Phi) is 4.56. The van der Waals surface area contributed by atoms with E-state index in [4.69, 9.17) is 20.9 Å². The van der Waals surface area contributed by atoms with E-state index in [0.29, 0.717) is 24.7 Å². The summed E-state index contributed by atoms with van der Waals surface area (Å²) in [5.74, 6) is 0.651. The molecule has 0 aliphatic heterocycles. The van der Waals surface area contributed by atoms with Gasteiger partial charge in [0.05, 0.1) is 5.52 Å². The number of rotatable bonds is 5. The number of ether oxygens (including phenoxy) is 2. The maximum absolute atomic E-state index is 11.9. The van der Waals surface area contributed by atoms with E-state index in [-0.39, 0.29) is 12.5 Å². The maximum Gasteiger partial charge on any atom is 0.328 e. The van der Waals surface area contributed by atoms with Crippen LogP contribution in [0.1, 0.15) is 20.8 Å². The molecule has 2 rings (SSSR count). The third kappa shape index (κ3) is 3.88. The van der Waals surface area contributed by atoms with E-state index in [1.807, 2.05) is 26.8 Å². The molecule has 0 bridgehead atoms. The van der Waals surface area contributed by atoms with Crippen LogP contribution in [0.25, 0.3) is 10.9 Å². The molecule has 0 saturated carbocycles. The Bertz CT molecular complexity index is 673. The van der Waals surface area contributed by atoms with Gasteiger partial charge in [0.25, 0.3) is 0 Å². The minimum atomic E-state index is -0.533. The van der Waals surface area contributed by atoms with Crippen molar-refractivity contribution in [2.45, 2.75) is 32.9 Å². The quantitative estimate of drug-likeness (QED) is 0.807. The summed E-state index contributed by atoms with van der Waals surface area (Å²) < 4.78 is 12.3. The Morgan fingerprint density at radius 1 is 1.36 bits per heavy atom. The van der Waals surface area contributed by atoms with Crippen molar-refractivity contribution in [3.8, 4) is 5.75 Å². The van der Waals surface area contributed by atoms with Gasteiger partial charge in [-0.2, -0.15) is 5.10 Å². The van der Waals surface area contributed by atoms with Crippen LogP contribution in [-0.2, 0) is 16.1 Å². The molecule has 0 saturated heterocycles. The highest BCUT2D eigenvalue weighted by Crippen LogP contribution is 2.25. The molecule has 2 aromatic rings. The van der Waals surface area contributed by atoms with Crippen LogP contribution in [-0.4, -0.2) is 34.5 Å². The van der Waals surface area contributed by atoms with Crippen molar-refractivity contribution in [2.75, 3.05) is 18.9 Å². The van der Waals surface area contributed by atoms with Crippen molar-refractivity contribution in [1.82, 2.24) is 9.78 Å². The molecule has 120 valence electrons. The third-order valence-electron chi connectivity index (χ3n) is 2.84. The lowest BCUT2D eigenvalue weighted by Crippen LogP contribution is -2.26. The third-order valence-corrected chi connectivity index (χ3v) is 2.84. The van der Waals surface area contributed by atoms with Gasteiger partial charge in [-0.1, -0.05) is 0 Å². The number of benzene rings is 1. The highest BCUT2D eigenvalue weighted by molar-refractivity contribution is 5.91. The topological polar surface area (TPSA) is 105 Å². The number of anilines is 1. The number of hydrogen-bond acceptors (Lipinski definition) is 6. The van der Waals surface area contributed by atoms with Crippen molar-refractivity contribution in [2.24, 2.45) is 5.73 Å². The van der Waals surface area contributed by atoms with Crippen LogP contribution in [0.2, 0.25) is 0 Å². The number of nitrogens with two attached hydrogens (primary N) is 2. The predicted molar refractivity (Wildman–Crippen MR) is 84.5 cm³/mol. The molecule has 0 fully saturated rings. The van der Waals surface area contributed by atoms with Crippen molar-refractivity contribution in [3.63, 3.8) is 0 Å². The van der Waals surface area contributed by atoms with E-state index < -0.39 is 5.60 Å². The largest absolute Gasteiger partial charge is 0.492 e. The first-order chi connectivity index (χ1) is 10.3. The summed E-state index contributed by atoms with van der Waals surface area (Å²) >= 11 is 0. The molecule has 0 radical (unpaired) electrons. The van der Waals surface area contributed by atoms with Gasteiger partial charge in [-0.25, -0.2) is 0 Å². The predicted octanol–water partition coefficient (Wildman–Crippen LogP) is 1.30. The molecule has 4 N–H and O–H groups in total. The molecule has 0 atom stereocenters. The molecule has 7 nitrogen and oxygen atoms in total. The van der Waals surface area contributed by atoms with E-state index in [2.05, 4.69) is 5.10 Å². The zero-order chi connectivity index (χ0) is 16.3. The molecule has 1 heterocycles. The van der Waals surface area contributed by atoms with Crippen LogP contribution in [0, 0.1) is 0 Å². The lowest BCUT2D eigenvalue weighted by Gasteiger charge is -2.19. The van der Waals surface area contributed by atoms with E-state index >= 15 is 0 Å². The lowest BCUT2D eigenvalue weighted by atomic mass is 10.2. The van der Waals surface area contributed by atoms with Crippen LogP contribution >= 0.6 is 0 Å². The number of aromatic nitrogens is 2. The molecule has 1 aromatic heterocycles. The molecule has 7 heteroatoms. The van der Waals surface area contributed by atoms with Crippen LogP contribution in [0.5, 0.6) is 5.75 Å². The van der Waals surface area contributed by atoms with Gasteiger partial charge in [0, 0.05) is 11.9 Å². The summed E-state index contributed by atoms with van der Waals surface area (Å²) in [4.78, 5) is 11.9. The van der Waals surface area contributed by atoms with Crippen LogP contribution in [0.15, 0.2) is 18.2 Å². The average molecular weight is 306 g/mol. The Balaban J connectivity index is 2.23. The molecule has 0 spiro atoms. The van der Waals surface area contributed by atoms with Crippen molar-refractivity contribution < 1.29 is 14.3 Å². The number of nitrogens with zero attached hydrogens (tertiary/aromatic N) is 2. The van der Waals surface area contributed by atoms with Crippen molar-refractivity contribution >= 4 is 22.7 Å². The van der Waals surface area contributed by atoms with Crippen LogP contribution < -0.4 is 16.2 Å². The number of esters is 1. The van der Waals surface area contributed by atoms with Crippen LogP contribution in [0.4, 0.5) is 5.82 Å². The number of carbonyl (C=O) groups excluding carboxylic acids is 1. The Morgan fingerprint density at radius 2 is 2.09 bits per heavy atom. The first-order valence-corrected chi connectivity index (χ1v) is 7.11. The van der Waals surface area contributed by atoms with Gasteiger partial charge in [-0.05, 0) is 39.0 Å². The van der Waals surface area contributed by atoms with Gasteiger partial charge < -0.3 is 20.9 Å². The van der Waals surface area contributed by atoms with Gasteiger partial charge in [0.15, 0.2) is 5.82 Å². The van der Waals surface area contributed by atoms with Gasteiger partial charge in [0.1, 0.15) is 24.5 Å². The highest BCUT2D eigenvalue weighted by atomic mass is 16.6. The summed E-state index contributed by atoms with van der Waals surface area (Å²) in [7, 11) is 0. The monoisotopic (exact) mass is 306 g/mol. The van der Waals surface area contributed by atoms with Crippen molar-refractivity contribution in [1.29, 1.82) is 0 Å². The summed E-state index contributed by atoms with van der Waals surface area (Å²) in [6, 6.07) is 5.40. The summed E-state index contributed by atoms with van der Waals surface area (Å²) in [6.45, 7) is 6.33. The van der Waals surface area contributed by atoms with E-state index in [1.165, 1.54) is 4.68 Å². The first-order valence-electron chi connectivity index (χ1n) is 7.11. The smallest absolute Gasteiger partial charge is 0.328 e. The van der Waals surface area contributed by atoms with Crippen LogP contribution in [0.3, 0.4) is 0 Å². The van der Waals surface area contributed by atoms with Gasteiger partial charge in [0.2, 0.25) is 0 Å². The molecule has 0 aliphatic carbocycles. The minimum Gasteiger partial charge on any atom is -0.492 e. The zero-order valence-electron chi connectivity index (χ0n) is 13.1. The molecule has 0 amide bonds. The standard InChI is InChI=1S/C15H22N4O3/c1-15(2,3)22-13(20)9-19-12-5-4-10(21-7-6-16)8-11(12)14(17)18-19/h4-5,8H,6-7,9,16H2,1-3H3,(H2,17,18). The fourth-order valence-corrected chi connectivity index (χ4v) is 2.07. The molecular formula is C15H22N4O3. The number of nitrogen functional groups attached to an aromatic ring is 1. The molecule has 1 aromatic carbocycles. The minimum absolute atomic E-state index is 0.00791. The Hall–Kier alpha value is -2.28. The Labute approximate surface area is 129 Å². The fourth-order valence-electron chi connectivity index (χ4n) is 2.07.